The Morgan fingerprint density at radius 3 is 1.59 bits per heavy atom. The van der Waals surface area contributed by atoms with Crippen LogP contribution >= 0.6 is 0 Å². The molecular formula is C34H39F2O6S2+. The molecule has 4 saturated carbocycles. The lowest BCUT2D eigenvalue weighted by atomic mass is 9.48. The van der Waals surface area contributed by atoms with Gasteiger partial charge in [-0.05, 0) is 108 Å². The van der Waals surface area contributed by atoms with Gasteiger partial charge in [0.1, 0.15) is 6.61 Å². The molecule has 10 heteroatoms. The van der Waals surface area contributed by atoms with E-state index >= 15 is 0 Å². The molecule has 3 aromatic carbocycles. The number of aryl methyl sites for hydroxylation is 3. The van der Waals surface area contributed by atoms with E-state index in [9.17, 15) is 27.1 Å². The number of rotatable bonds is 7. The number of aliphatic hydroxyl groups is 1. The molecule has 4 fully saturated rings. The second-order valence-corrected chi connectivity index (χ2v) is 16.3. The van der Waals surface area contributed by atoms with Crippen LogP contribution in [0.15, 0.2) is 87.5 Å². The molecule has 4 bridgehead atoms. The maximum absolute atomic E-state index is 12.1. The number of benzene rings is 3. The monoisotopic (exact) mass is 645 g/mol. The molecule has 4 aliphatic rings. The van der Waals surface area contributed by atoms with Crippen LogP contribution in [0.5, 0.6) is 0 Å². The Morgan fingerprint density at radius 1 is 0.818 bits per heavy atom. The molecule has 44 heavy (non-hydrogen) atoms. The Morgan fingerprint density at radius 2 is 1.23 bits per heavy atom. The van der Waals surface area contributed by atoms with Crippen molar-refractivity contribution in [2.75, 3.05) is 6.61 Å². The lowest BCUT2D eigenvalue weighted by Crippen LogP contribution is -2.57. The molecule has 0 aliphatic heterocycles. The van der Waals surface area contributed by atoms with Crippen molar-refractivity contribution in [1.29, 1.82) is 0 Å². The van der Waals surface area contributed by atoms with Crippen molar-refractivity contribution >= 4 is 27.2 Å². The predicted octanol–water partition coefficient (Wildman–Crippen LogP) is 7.73. The molecule has 0 amide bonds. The number of hydrogen-bond acceptors (Lipinski definition) is 6. The number of carbonyl (C=O) groups excluding carboxylic acids is 1. The Bertz CT molecular complexity index is 1430. The molecule has 2 atom stereocenters. The highest BCUT2D eigenvalue weighted by Crippen LogP contribution is 2.61. The molecule has 3 aromatic rings. The van der Waals surface area contributed by atoms with Crippen molar-refractivity contribution in [3.05, 3.63) is 89.5 Å². The number of halogens is 2. The summed E-state index contributed by atoms with van der Waals surface area (Å²) in [7, 11) is -5.28. The van der Waals surface area contributed by atoms with Crippen molar-refractivity contribution in [3.63, 3.8) is 0 Å². The van der Waals surface area contributed by atoms with Gasteiger partial charge in [-0.2, -0.15) is 17.2 Å². The van der Waals surface area contributed by atoms with Gasteiger partial charge in [-0.25, -0.2) is 4.79 Å². The highest BCUT2D eigenvalue weighted by molar-refractivity contribution is 7.97. The zero-order valence-electron chi connectivity index (χ0n) is 25.2. The van der Waals surface area contributed by atoms with Gasteiger partial charge in [0.05, 0.1) is 16.5 Å². The van der Waals surface area contributed by atoms with Gasteiger partial charge in [0.25, 0.3) is 0 Å². The van der Waals surface area contributed by atoms with E-state index in [4.69, 9.17) is 4.74 Å². The van der Waals surface area contributed by atoms with Gasteiger partial charge in [0, 0.05) is 5.41 Å². The van der Waals surface area contributed by atoms with Crippen LogP contribution in [-0.4, -0.2) is 37.6 Å². The summed E-state index contributed by atoms with van der Waals surface area (Å²) in [5.74, 6) is -3.05. The minimum atomic E-state index is -5.24. The third-order valence-electron chi connectivity index (χ3n) is 8.82. The van der Waals surface area contributed by atoms with Gasteiger partial charge < -0.3 is 14.0 Å². The smallest absolute Gasteiger partial charge is 0.433 e. The molecule has 0 saturated heterocycles. The van der Waals surface area contributed by atoms with E-state index in [0.29, 0.717) is 18.3 Å². The van der Waals surface area contributed by atoms with Gasteiger partial charge in [-0.15, -0.1) is 0 Å². The van der Waals surface area contributed by atoms with E-state index in [1.165, 1.54) is 31.4 Å². The second-order valence-electron chi connectivity index (χ2n) is 12.8. The first-order valence-electron chi connectivity index (χ1n) is 14.8. The molecule has 0 radical (unpaired) electrons. The van der Waals surface area contributed by atoms with Crippen molar-refractivity contribution in [1.82, 2.24) is 0 Å². The van der Waals surface area contributed by atoms with Crippen LogP contribution in [0.2, 0.25) is 0 Å². The quantitative estimate of drug-likeness (QED) is 0.161. The van der Waals surface area contributed by atoms with Gasteiger partial charge >= 0.3 is 22.0 Å². The Kier molecular flexibility index (Phi) is 9.44. The average molecular weight is 646 g/mol. The van der Waals surface area contributed by atoms with Gasteiger partial charge in [-0.3, -0.25) is 0 Å². The molecule has 0 heterocycles. The summed E-state index contributed by atoms with van der Waals surface area (Å²) in [4.78, 5) is 15.4. The number of hydrogen-bond donors (Lipinski definition) is 1. The Hall–Kier alpha value is -2.95. The molecule has 7 rings (SSSR count). The van der Waals surface area contributed by atoms with Crippen molar-refractivity contribution in [3.8, 4) is 0 Å². The van der Waals surface area contributed by atoms with Crippen LogP contribution in [-0.2, 0) is 29.9 Å². The fourth-order valence-electron chi connectivity index (χ4n) is 7.37. The molecule has 4 aliphatic carbocycles. The first kappa shape index (κ1) is 32.4. The van der Waals surface area contributed by atoms with E-state index in [2.05, 4.69) is 97.8 Å². The summed E-state index contributed by atoms with van der Waals surface area (Å²) < 4.78 is 54.3. The van der Waals surface area contributed by atoms with Crippen molar-refractivity contribution in [2.24, 2.45) is 17.3 Å². The third kappa shape index (κ3) is 7.64. The topological polar surface area (TPSA) is 89.9 Å². The van der Waals surface area contributed by atoms with Gasteiger partial charge in [0.2, 0.25) is 0 Å². The molecule has 236 valence electrons. The largest absolute Gasteiger partial charge is 0.524 e. The van der Waals surface area contributed by atoms with E-state index in [-0.39, 0.29) is 17.5 Å². The zero-order chi connectivity index (χ0) is 31.7. The van der Waals surface area contributed by atoms with Crippen LogP contribution in [0.1, 0.15) is 55.2 Å². The van der Waals surface area contributed by atoms with Crippen LogP contribution in [0, 0.1) is 38.0 Å². The summed E-state index contributed by atoms with van der Waals surface area (Å²) in [6.45, 7) is 6.30. The third-order valence-corrected chi connectivity index (χ3v) is 11.9. The minimum absolute atomic E-state index is 0.0394. The first-order valence-corrected chi connectivity index (χ1v) is 17.5. The van der Waals surface area contributed by atoms with Gasteiger partial charge in [0.15, 0.2) is 14.7 Å². The molecule has 0 spiro atoms. The first-order chi connectivity index (χ1) is 20.7. The number of carbonyl (C=O) groups is 1. The summed E-state index contributed by atoms with van der Waals surface area (Å²) in [6.07, 6.45) is 2.98. The normalized spacial score (nSPS) is 25.5. The SMILES string of the molecule is Cc1ccc([S+](c2ccc(C)cc2)c2ccc(C)cc2)cc1.O=C(OCC12CC3CC(CC(O)(C3)C1)C2)OS(=O)(=O)C(F)F. The minimum Gasteiger partial charge on any atom is -0.433 e. The fourth-order valence-corrected chi connectivity index (χ4v) is 9.72. The predicted molar refractivity (Wildman–Crippen MR) is 165 cm³/mol. The lowest BCUT2D eigenvalue weighted by Gasteiger charge is -2.59. The van der Waals surface area contributed by atoms with Crippen LogP contribution < -0.4 is 0 Å². The standard InChI is InChI=1S/C21H21S.C13H18F2O6S/c1-16-4-10-19(11-5-16)22(20-12-6-17(2)7-13-20)21-14-8-18(3)9-15-21;14-10(15)22(18,19)21-11(16)20-7-12-2-8-1-9(3-12)5-13(17,4-8)6-12/h4-15H,1-3H3;8-10,17H,1-7H2/q+1;. The van der Waals surface area contributed by atoms with Crippen molar-refractivity contribution < 1.29 is 36.0 Å². The maximum atomic E-state index is 12.1. The van der Waals surface area contributed by atoms with Crippen LogP contribution in [0.25, 0.3) is 0 Å². The summed E-state index contributed by atoms with van der Waals surface area (Å²) in [5, 5.41) is 10.5. The second kappa shape index (κ2) is 12.8. The van der Waals surface area contributed by atoms with Crippen LogP contribution in [0.4, 0.5) is 13.6 Å². The van der Waals surface area contributed by atoms with Gasteiger partial charge in [-0.1, -0.05) is 53.1 Å². The van der Waals surface area contributed by atoms with Crippen molar-refractivity contribution in [2.45, 2.75) is 85.3 Å². The highest BCUT2D eigenvalue weighted by Gasteiger charge is 2.57. The van der Waals surface area contributed by atoms with Crippen LogP contribution in [0.3, 0.4) is 0 Å². The number of ether oxygens (including phenoxy) is 1. The average Bonchev–Trinajstić information content (AvgIpc) is 2.94. The maximum Gasteiger partial charge on any atom is 0.524 e. The van der Waals surface area contributed by atoms with E-state index in [0.717, 1.165) is 32.1 Å². The molecule has 0 aromatic heterocycles. The molecular weight excluding hydrogens is 606 g/mol. The van der Waals surface area contributed by atoms with E-state index in [1.54, 1.807) is 0 Å². The summed E-state index contributed by atoms with van der Waals surface area (Å²) in [6, 6.07) is 26.8. The van der Waals surface area contributed by atoms with E-state index in [1.807, 2.05) is 0 Å². The molecule has 6 nitrogen and oxygen atoms in total. The highest BCUT2D eigenvalue weighted by atomic mass is 32.2. The fraction of sp³-hybridized carbons (Fsp3) is 0.441. The van der Waals surface area contributed by atoms with E-state index < -0.39 is 33.0 Å². The molecule has 1 N–H and O–H groups in total. The number of alkyl halides is 2. The summed E-state index contributed by atoms with van der Waals surface area (Å²) >= 11 is 0. The Balaban J connectivity index is 0.000000175. The molecule has 2 unspecified atom stereocenters. The summed E-state index contributed by atoms with van der Waals surface area (Å²) in [5.41, 5.74) is 2.78. The zero-order valence-corrected chi connectivity index (χ0v) is 26.8. The Labute approximate surface area is 261 Å². The lowest BCUT2D eigenvalue weighted by molar-refractivity contribution is -0.176.